The van der Waals surface area contributed by atoms with Crippen molar-refractivity contribution in [1.29, 1.82) is 0 Å². The molecule has 0 spiro atoms. The van der Waals surface area contributed by atoms with Gasteiger partial charge >= 0.3 is 382 Å². The number of unbranched alkanes of at least 4 members (excludes halogenated alkanes) is 36. The van der Waals surface area contributed by atoms with E-state index in [1.165, 1.54) is 205 Å². The Kier molecular flexibility index (Phi) is 28.7. The Morgan fingerprint density at radius 3 is 0.936 bits per heavy atom. The molecule has 0 saturated heterocycles. The van der Waals surface area contributed by atoms with Crippen LogP contribution in [-0.2, 0) is 10.8 Å². The molecule has 4 nitrogen and oxygen atoms in total. The summed E-state index contributed by atoms with van der Waals surface area (Å²) in [6.07, 6.45) is 53.2. The van der Waals surface area contributed by atoms with Gasteiger partial charge in [-0.05, 0) is 0 Å². The van der Waals surface area contributed by atoms with Gasteiger partial charge in [-0.1, -0.05) is 130 Å². The first kappa shape index (κ1) is 64.5. The topological polar surface area (TPSA) is 51.6 Å². The number of nitrogens with zero attached hydrogens (tertiary/aromatic N) is 4. The van der Waals surface area contributed by atoms with E-state index in [4.69, 9.17) is 15.9 Å². The van der Waals surface area contributed by atoms with Crippen LogP contribution in [-0.4, -0.2) is 45.8 Å². The molecular weight excluding hydrogens is 1280 g/mol. The molecule has 3 aromatic carbocycles. The zero-order valence-electron chi connectivity index (χ0n) is 49.4. The van der Waals surface area contributed by atoms with Gasteiger partial charge in [0.1, 0.15) is 0 Å². The van der Waals surface area contributed by atoms with Gasteiger partial charge in [-0.15, -0.1) is 0 Å². The van der Waals surface area contributed by atoms with Gasteiger partial charge in [0, 0.05) is 0 Å². The molecule has 0 N–H and O–H groups in total. The second kappa shape index (κ2) is 34.7. The van der Waals surface area contributed by atoms with Crippen LogP contribution >= 0.6 is 38.5 Å². The number of hydrogen-bond donors (Lipinski definition) is 0. The third-order valence-electron chi connectivity index (χ3n) is 18.7. The molecule has 0 atom stereocenters. The van der Waals surface area contributed by atoms with Crippen molar-refractivity contribution in [3.05, 3.63) is 54.1 Å². The normalized spacial score (nSPS) is 14.1. The summed E-state index contributed by atoms with van der Waals surface area (Å²) >= 11 is 5.83. The zero-order valence-corrected chi connectivity index (χ0v) is 56.6. The summed E-state index contributed by atoms with van der Waals surface area (Å²) in [7, 11) is 0. The monoisotopic (exact) mass is 1380 g/mol. The molecule has 10 heteroatoms. The minimum atomic E-state index is -0.677. The smallest absolute Gasteiger partial charge is 0.0654 e. The first-order valence-electron chi connectivity index (χ1n) is 32.8. The molecule has 0 aliphatic heterocycles. The number of hydrogen-bond acceptors (Lipinski definition) is 4. The third-order valence-corrected chi connectivity index (χ3v) is 22.3. The van der Waals surface area contributed by atoms with Crippen molar-refractivity contribution in [3.8, 4) is 22.3 Å². The SMILES string of the molecule is CCCCCCCCCCCCC1(CCCCCCCCCCCC)c2cc(Br)c3n[se]nc3c2-c2c(F)c3c(c(F)c21)-c1c(cc(I)c2n[se]nc12)C3(CCCCCCCCCCCC)CCCCCCCCCCCC. The molecule has 2 heterocycles. The summed E-state index contributed by atoms with van der Waals surface area (Å²) in [5.41, 5.74) is 8.29. The molecule has 7 rings (SSSR count). The van der Waals surface area contributed by atoms with Crippen molar-refractivity contribution < 1.29 is 8.78 Å². The van der Waals surface area contributed by atoms with Crippen LogP contribution in [0.1, 0.15) is 332 Å². The summed E-state index contributed by atoms with van der Waals surface area (Å²) in [6.45, 7) is 9.17. The summed E-state index contributed by atoms with van der Waals surface area (Å²) in [4.78, 5) is 0. The summed E-state index contributed by atoms with van der Waals surface area (Å²) < 4.78 is 61.8. The molecule has 2 aromatic heterocycles. The maximum absolute atomic E-state index is 19.7. The van der Waals surface area contributed by atoms with E-state index in [1.807, 2.05) is 0 Å². The maximum atomic E-state index is 19.7. The predicted octanol–water partition coefficient (Wildman–Crippen LogP) is 23.1. The molecule has 0 amide bonds. The molecule has 5 aromatic rings. The van der Waals surface area contributed by atoms with Crippen molar-refractivity contribution in [2.24, 2.45) is 0 Å². The van der Waals surface area contributed by atoms with E-state index in [1.54, 1.807) is 0 Å². The van der Waals surface area contributed by atoms with Crippen molar-refractivity contribution >= 4 is 90.5 Å². The van der Waals surface area contributed by atoms with E-state index in [0.717, 1.165) is 129 Å². The van der Waals surface area contributed by atoms with E-state index in [2.05, 4.69) is 78.3 Å². The Hall–Kier alpha value is -1.03. The van der Waals surface area contributed by atoms with Gasteiger partial charge in [-0.2, -0.15) is 0 Å². The fourth-order valence-electron chi connectivity index (χ4n) is 14.3. The molecule has 0 saturated carbocycles. The second-order valence-corrected chi connectivity index (χ2v) is 28.7. The Morgan fingerprint density at radius 1 is 0.359 bits per heavy atom. The van der Waals surface area contributed by atoms with Crippen molar-refractivity contribution in [2.45, 2.75) is 321 Å². The van der Waals surface area contributed by atoms with Gasteiger partial charge < -0.3 is 0 Å². The Bertz CT molecular complexity index is 2330. The number of benzene rings is 3. The van der Waals surface area contributed by atoms with E-state index in [9.17, 15) is 0 Å². The molecule has 2 aliphatic carbocycles. The van der Waals surface area contributed by atoms with Gasteiger partial charge in [0.25, 0.3) is 0 Å². The molecule has 0 radical (unpaired) electrons. The third kappa shape index (κ3) is 16.2. The first-order valence-corrected chi connectivity index (χ1v) is 37.7. The summed E-state index contributed by atoms with van der Waals surface area (Å²) in [5.74, 6) is -0.344. The number of halogens is 4. The van der Waals surface area contributed by atoms with Gasteiger partial charge in [-0.3, -0.25) is 0 Å². The Labute approximate surface area is 508 Å². The van der Waals surface area contributed by atoms with Gasteiger partial charge in [-0.25, -0.2) is 0 Å². The van der Waals surface area contributed by atoms with E-state index >= 15 is 8.78 Å². The second-order valence-electron chi connectivity index (χ2n) is 24.5. The Morgan fingerprint density at radius 2 is 0.615 bits per heavy atom. The molecule has 434 valence electrons. The number of rotatable bonds is 44. The average molecular weight is 1380 g/mol. The average Bonchev–Trinajstić information content (AvgIpc) is 4.37. The quantitative estimate of drug-likeness (QED) is 0.0222. The fraction of sp³-hybridized carbons (Fsp3) is 0.735. The van der Waals surface area contributed by atoms with Crippen LogP contribution in [0.2, 0.25) is 0 Å². The van der Waals surface area contributed by atoms with Crippen LogP contribution in [0.15, 0.2) is 16.6 Å². The van der Waals surface area contributed by atoms with E-state index < -0.39 is 10.8 Å². The van der Waals surface area contributed by atoms with Gasteiger partial charge in [0.2, 0.25) is 0 Å². The van der Waals surface area contributed by atoms with Crippen molar-refractivity contribution in [2.75, 3.05) is 0 Å². The van der Waals surface area contributed by atoms with Gasteiger partial charge in [0.15, 0.2) is 0 Å². The first-order chi connectivity index (χ1) is 38.3. The molecule has 0 bridgehead atoms. The molecule has 0 fully saturated rings. The van der Waals surface area contributed by atoms with Crippen molar-refractivity contribution in [1.82, 2.24) is 15.9 Å². The van der Waals surface area contributed by atoms with Crippen LogP contribution in [0.5, 0.6) is 0 Å². The number of aromatic nitrogens is 4. The molecule has 2 aliphatic rings. The van der Waals surface area contributed by atoms with Crippen LogP contribution in [0, 0.1) is 15.2 Å². The zero-order chi connectivity index (χ0) is 55.0. The summed E-state index contributed by atoms with van der Waals surface area (Å²) in [5, 5.41) is 0. The van der Waals surface area contributed by atoms with Crippen LogP contribution < -0.4 is 0 Å². The predicted molar refractivity (Wildman–Crippen MR) is 345 cm³/mol. The van der Waals surface area contributed by atoms with Crippen LogP contribution in [0.4, 0.5) is 8.78 Å². The van der Waals surface area contributed by atoms with Crippen molar-refractivity contribution in [3.63, 3.8) is 0 Å². The fourth-order valence-corrected chi connectivity index (χ4v) is 18.5. The summed E-state index contributed by atoms with van der Waals surface area (Å²) in [6, 6.07) is 4.59. The minimum absolute atomic E-state index is 0.172. The van der Waals surface area contributed by atoms with Crippen LogP contribution in [0.25, 0.3) is 44.3 Å². The Balaban J connectivity index is 1.30. The van der Waals surface area contributed by atoms with E-state index in [0.29, 0.717) is 22.3 Å². The molecule has 0 unspecified atom stereocenters. The van der Waals surface area contributed by atoms with Crippen LogP contribution in [0.3, 0.4) is 0 Å². The molecular formula is C68H102BrF2IN4Se2. The van der Waals surface area contributed by atoms with Gasteiger partial charge in [0.05, 0.1) is 0 Å². The van der Waals surface area contributed by atoms with E-state index in [-0.39, 0.29) is 41.6 Å². The minimum Gasteiger partial charge on any atom is -0.0654 e. The molecule has 78 heavy (non-hydrogen) atoms. The standard InChI is InChI=1S/C68H102BrF2IN4Se2/c1-5-9-13-17-21-25-29-33-37-41-45-67(46-42-38-34-30-26-22-18-14-10-6-2)51-49-53(69)63-65(75-77-73-63)55(51)57-59(67)62(71)58-56-52(50-54(72)64-66(56)76-78-74-64)68(60(58)61(57)70,47-43-39-35-31-27-23-19-15-11-7-3)48-44-40-36-32-28-24-20-16-12-8-4/h49-50H,5-48H2,1-4H3. The number of fused-ring (bicyclic) bond motifs is 10.